The summed E-state index contributed by atoms with van der Waals surface area (Å²) in [6.45, 7) is 8.34. The van der Waals surface area contributed by atoms with Crippen molar-refractivity contribution in [2.75, 3.05) is 0 Å². The van der Waals surface area contributed by atoms with E-state index in [4.69, 9.17) is 5.11 Å². The van der Waals surface area contributed by atoms with Gasteiger partial charge in [0.2, 0.25) is 5.91 Å². The Morgan fingerprint density at radius 1 is 1.29 bits per heavy atom. The standard InChI is InChI=1S/C15H22N2O4/c1-9(2)12(13(19)20)16-14(21)15(4,5)17-10(3)7-6-8-11(17)18/h6-9,12H,1-5H3,(H,16,21)(H,19,20). The molecule has 21 heavy (non-hydrogen) atoms. The Morgan fingerprint density at radius 3 is 2.29 bits per heavy atom. The van der Waals surface area contributed by atoms with Crippen LogP contribution in [0.4, 0.5) is 0 Å². The van der Waals surface area contributed by atoms with Gasteiger partial charge in [-0.05, 0) is 32.8 Å². The zero-order valence-corrected chi connectivity index (χ0v) is 13.0. The van der Waals surface area contributed by atoms with E-state index in [1.165, 1.54) is 10.6 Å². The van der Waals surface area contributed by atoms with Gasteiger partial charge in [0.1, 0.15) is 11.6 Å². The van der Waals surface area contributed by atoms with E-state index in [2.05, 4.69) is 5.32 Å². The Bertz CT molecular complexity index is 602. The number of carbonyl (C=O) groups is 2. The Kier molecular flexibility index (Phi) is 4.93. The van der Waals surface area contributed by atoms with Crippen molar-refractivity contribution in [3.63, 3.8) is 0 Å². The fourth-order valence-electron chi connectivity index (χ4n) is 2.24. The Balaban J connectivity index is 3.16. The molecule has 6 heteroatoms. The molecule has 116 valence electrons. The van der Waals surface area contributed by atoms with Crippen molar-refractivity contribution < 1.29 is 14.7 Å². The molecular formula is C15H22N2O4. The molecule has 1 amide bonds. The van der Waals surface area contributed by atoms with Crippen LogP contribution in [-0.4, -0.2) is 27.6 Å². The summed E-state index contributed by atoms with van der Waals surface area (Å²) in [5.74, 6) is -1.85. The first-order valence-corrected chi connectivity index (χ1v) is 6.82. The maximum Gasteiger partial charge on any atom is 0.326 e. The predicted molar refractivity (Wildman–Crippen MR) is 79.2 cm³/mol. The molecule has 6 nitrogen and oxygen atoms in total. The average molecular weight is 294 g/mol. The molecule has 0 bridgehead atoms. The number of aromatic nitrogens is 1. The van der Waals surface area contributed by atoms with Crippen LogP contribution in [0.3, 0.4) is 0 Å². The van der Waals surface area contributed by atoms with Gasteiger partial charge in [0, 0.05) is 11.8 Å². The van der Waals surface area contributed by atoms with Crippen molar-refractivity contribution in [3.8, 4) is 0 Å². The van der Waals surface area contributed by atoms with E-state index >= 15 is 0 Å². The first-order chi connectivity index (χ1) is 9.59. The van der Waals surface area contributed by atoms with Crippen LogP contribution < -0.4 is 10.9 Å². The van der Waals surface area contributed by atoms with Crippen LogP contribution >= 0.6 is 0 Å². The van der Waals surface area contributed by atoms with E-state index in [0.29, 0.717) is 5.69 Å². The lowest BCUT2D eigenvalue weighted by molar-refractivity contribution is -0.144. The Hall–Kier alpha value is -2.11. The first kappa shape index (κ1) is 16.9. The maximum atomic E-state index is 12.5. The lowest BCUT2D eigenvalue weighted by Gasteiger charge is -2.30. The Morgan fingerprint density at radius 2 is 1.86 bits per heavy atom. The fraction of sp³-hybridized carbons (Fsp3) is 0.533. The summed E-state index contributed by atoms with van der Waals surface area (Å²) in [7, 11) is 0. The lowest BCUT2D eigenvalue weighted by atomic mass is 9.99. The van der Waals surface area contributed by atoms with Crippen LogP contribution in [0, 0.1) is 12.8 Å². The number of hydrogen-bond acceptors (Lipinski definition) is 3. The summed E-state index contributed by atoms with van der Waals surface area (Å²) in [6, 6.07) is 3.74. The lowest BCUT2D eigenvalue weighted by Crippen LogP contribution is -2.54. The molecule has 0 aliphatic heterocycles. The second-order valence-corrected chi connectivity index (χ2v) is 5.93. The molecule has 1 unspecified atom stereocenters. The SMILES string of the molecule is Cc1cccc(=O)n1C(C)(C)C(=O)NC(C(=O)O)C(C)C. The fourth-order valence-corrected chi connectivity index (χ4v) is 2.24. The number of rotatable bonds is 5. The van der Waals surface area contributed by atoms with Crippen molar-refractivity contribution in [2.24, 2.45) is 5.92 Å². The van der Waals surface area contributed by atoms with Gasteiger partial charge in [-0.15, -0.1) is 0 Å². The van der Waals surface area contributed by atoms with Crippen LogP contribution in [-0.2, 0) is 15.1 Å². The van der Waals surface area contributed by atoms with Gasteiger partial charge in [0.05, 0.1) is 0 Å². The van der Waals surface area contributed by atoms with Gasteiger partial charge in [0.25, 0.3) is 5.56 Å². The van der Waals surface area contributed by atoms with Gasteiger partial charge in [-0.2, -0.15) is 0 Å². The minimum Gasteiger partial charge on any atom is -0.480 e. The zero-order valence-electron chi connectivity index (χ0n) is 13.0. The highest BCUT2D eigenvalue weighted by molar-refractivity contribution is 5.88. The highest BCUT2D eigenvalue weighted by atomic mass is 16.4. The largest absolute Gasteiger partial charge is 0.480 e. The number of carbonyl (C=O) groups excluding carboxylic acids is 1. The minimum atomic E-state index is -1.18. The third-order valence-corrected chi connectivity index (χ3v) is 3.48. The third kappa shape index (κ3) is 3.51. The van der Waals surface area contributed by atoms with Crippen LogP contribution in [0.15, 0.2) is 23.0 Å². The number of aliphatic carboxylic acids is 1. The normalized spacial score (nSPS) is 13.0. The maximum absolute atomic E-state index is 12.5. The second kappa shape index (κ2) is 6.11. The van der Waals surface area contributed by atoms with Gasteiger partial charge in [-0.1, -0.05) is 19.9 Å². The van der Waals surface area contributed by atoms with E-state index in [9.17, 15) is 14.4 Å². The number of hydrogen-bond donors (Lipinski definition) is 2. The summed E-state index contributed by atoms with van der Waals surface area (Å²) in [4.78, 5) is 35.7. The number of nitrogens with one attached hydrogen (secondary N) is 1. The van der Waals surface area contributed by atoms with E-state index in [1.54, 1.807) is 46.8 Å². The molecule has 0 saturated heterocycles. The van der Waals surface area contributed by atoms with Gasteiger partial charge >= 0.3 is 5.97 Å². The third-order valence-electron chi connectivity index (χ3n) is 3.48. The summed E-state index contributed by atoms with van der Waals surface area (Å²) in [5.41, 5.74) is -0.837. The van der Waals surface area contributed by atoms with E-state index in [1.807, 2.05) is 0 Å². The van der Waals surface area contributed by atoms with Crippen LogP contribution in [0.25, 0.3) is 0 Å². The molecule has 0 aromatic carbocycles. The molecule has 0 spiro atoms. The van der Waals surface area contributed by atoms with E-state index in [-0.39, 0.29) is 11.5 Å². The first-order valence-electron chi connectivity index (χ1n) is 6.82. The predicted octanol–water partition coefficient (Wildman–Crippen LogP) is 1.12. The second-order valence-electron chi connectivity index (χ2n) is 5.93. The molecule has 0 radical (unpaired) electrons. The highest BCUT2D eigenvalue weighted by Crippen LogP contribution is 2.16. The van der Waals surface area contributed by atoms with Crippen molar-refractivity contribution >= 4 is 11.9 Å². The quantitative estimate of drug-likeness (QED) is 0.851. The summed E-state index contributed by atoms with van der Waals surface area (Å²) < 4.78 is 1.36. The van der Waals surface area contributed by atoms with Crippen molar-refractivity contribution in [1.29, 1.82) is 0 Å². The highest BCUT2D eigenvalue weighted by Gasteiger charge is 2.35. The molecule has 1 aromatic heterocycles. The Labute approximate surface area is 123 Å². The molecule has 0 fully saturated rings. The van der Waals surface area contributed by atoms with E-state index < -0.39 is 23.5 Å². The number of nitrogens with zero attached hydrogens (tertiary/aromatic N) is 1. The molecule has 1 atom stereocenters. The molecule has 1 rings (SSSR count). The number of pyridine rings is 1. The zero-order chi connectivity index (χ0) is 16.4. The van der Waals surface area contributed by atoms with Crippen molar-refractivity contribution in [3.05, 3.63) is 34.2 Å². The van der Waals surface area contributed by atoms with Crippen LogP contribution in [0.5, 0.6) is 0 Å². The molecular weight excluding hydrogens is 272 g/mol. The summed E-state index contributed by atoms with van der Waals surface area (Å²) >= 11 is 0. The van der Waals surface area contributed by atoms with Crippen molar-refractivity contribution in [2.45, 2.75) is 46.2 Å². The van der Waals surface area contributed by atoms with Crippen LogP contribution in [0.2, 0.25) is 0 Å². The van der Waals surface area contributed by atoms with Crippen LogP contribution in [0.1, 0.15) is 33.4 Å². The molecule has 0 saturated carbocycles. The summed E-state index contributed by atoms with van der Waals surface area (Å²) in [6.07, 6.45) is 0. The molecule has 0 aliphatic carbocycles. The molecule has 1 heterocycles. The number of carboxylic acids is 1. The monoisotopic (exact) mass is 294 g/mol. The number of carboxylic acid groups (broad SMARTS) is 1. The number of aryl methyl sites for hydroxylation is 1. The van der Waals surface area contributed by atoms with Crippen molar-refractivity contribution in [1.82, 2.24) is 9.88 Å². The average Bonchev–Trinajstić information content (AvgIpc) is 2.34. The molecule has 2 N–H and O–H groups in total. The number of amides is 1. The van der Waals surface area contributed by atoms with Gasteiger partial charge in [0.15, 0.2) is 0 Å². The van der Waals surface area contributed by atoms with Gasteiger partial charge in [-0.25, -0.2) is 4.79 Å². The van der Waals surface area contributed by atoms with E-state index in [0.717, 1.165) is 0 Å². The topological polar surface area (TPSA) is 88.4 Å². The minimum absolute atomic E-state index is 0.254. The summed E-state index contributed by atoms with van der Waals surface area (Å²) in [5, 5.41) is 11.7. The molecule has 1 aromatic rings. The van der Waals surface area contributed by atoms with Gasteiger partial charge in [-0.3, -0.25) is 14.2 Å². The smallest absolute Gasteiger partial charge is 0.326 e. The molecule has 0 aliphatic rings. The van der Waals surface area contributed by atoms with Gasteiger partial charge < -0.3 is 10.4 Å².